The number of halogens is 3. The lowest BCUT2D eigenvalue weighted by Crippen LogP contribution is -2.23. The standard InChI is InChI=1S/C18H15F3N2O4S/c19-18(20,21)11-6-2-1-4-9(11)17(26)27-8-13(24)23-16-14(15(22)25)10-5-3-7-12(10)28-16/h1-2,4,6H,3,5,7-8H2,(H2,22,25)(H,23,24). The van der Waals surface area contributed by atoms with E-state index < -0.39 is 41.7 Å². The number of alkyl halides is 3. The Hall–Kier alpha value is -2.88. The van der Waals surface area contributed by atoms with E-state index in [0.29, 0.717) is 6.42 Å². The maximum atomic E-state index is 13.0. The minimum absolute atomic E-state index is 0.236. The molecule has 2 aromatic rings. The number of fused-ring (bicyclic) bond motifs is 1. The summed E-state index contributed by atoms with van der Waals surface area (Å²) in [6.07, 6.45) is -2.37. The summed E-state index contributed by atoms with van der Waals surface area (Å²) in [6.45, 7) is -0.800. The first-order valence-corrected chi connectivity index (χ1v) is 9.07. The number of esters is 1. The molecule has 0 bridgehead atoms. The summed E-state index contributed by atoms with van der Waals surface area (Å²) < 4.78 is 43.6. The van der Waals surface area contributed by atoms with Crippen LogP contribution in [0.5, 0.6) is 0 Å². The molecule has 0 atom stereocenters. The Bertz CT molecular complexity index is 953. The van der Waals surface area contributed by atoms with Crippen molar-refractivity contribution in [3.05, 3.63) is 51.4 Å². The number of rotatable bonds is 5. The third kappa shape index (κ3) is 4.01. The van der Waals surface area contributed by atoms with Crippen LogP contribution in [0.4, 0.5) is 18.2 Å². The van der Waals surface area contributed by atoms with Crippen molar-refractivity contribution < 1.29 is 32.3 Å². The second-order valence-corrected chi connectivity index (χ2v) is 7.20. The zero-order chi connectivity index (χ0) is 20.5. The number of carbonyl (C=O) groups is 3. The molecule has 0 unspecified atom stereocenters. The van der Waals surface area contributed by atoms with Crippen LogP contribution in [0.15, 0.2) is 24.3 Å². The summed E-state index contributed by atoms with van der Waals surface area (Å²) in [5, 5.41) is 2.71. The Labute approximate surface area is 161 Å². The molecule has 0 saturated heterocycles. The first-order chi connectivity index (χ1) is 13.2. The third-order valence-electron chi connectivity index (χ3n) is 4.21. The summed E-state index contributed by atoms with van der Waals surface area (Å²) in [4.78, 5) is 36.7. The minimum atomic E-state index is -4.73. The van der Waals surface area contributed by atoms with Gasteiger partial charge in [0.05, 0.1) is 16.7 Å². The van der Waals surface area contributed by atoms with Gasteiger partial charge in [-0.15, -0.1) is 11.3 Å². The van der Waals surface area contributed by atoms with Crippen LogP contribution < -0.4 is 11.1 Å². The van der Waals surface area contributed by atoms with Gasteiger partial charge in [-0.3, -0.25) is 9.59 Å². The van der Waals surface area contributed by atoms with Crippen molar-refractivity contribution in [2.24, 2.45) is 5.73 Å². The molecule has 1 heterocycles. The number of nitrogens with one attached hydrogen (secondary N) is 1. The molecule has 1 aliphatic rings. The molecule has 10 heteroatoms. The maximum absolute atomic E-state index is 13.0. The summed E-state index contributed by atoms with van der Waals surface area (Å²) in [7, 11) is 0. The van der Waals surface area contributed by atoms with E-state index in [1.54, 1.807) is 0 Å². The van der Waals surface area contributed by atoms with Gasteiger partial charge < -0.3 is 15.8 Å². The van der Waals surface area contributed by atoms with Gasteiger partial charge in [0, 0.05) is 4.88 Å². The van der Waals surface area contributed by atoms with E-state index in [1.807, 2.05) is 0 Å². The molecule has 1 aromatic carbocycles. The topological polar surface area (TPSA) is 98.5 Å². The van der Waals surface area contributed by atoms with Crippen molar-refractivity contribution in [3.63, 3.8) is 0 Å². The number of thiophene rings is 1. The van der Waals surface area contributed by atoms with E-state index in [4.69, 9.17) is 10.5 Å². The highest BCUT2D eigenvalue weighted by atomic mass is 32.1. The molecule has 3 rings (SSSR count). The fraction of sp³-hybridized carbons (Fsp3) is 0.278. The molecule has 6 nitrogen and oxygen atoms in total. The lowest BCUT2D eigenvalue weighted by molar-refractivity contribution is -0.138. The number of hydrogen-bond donors (Lipinski definition) is 2. The average Bonchev–Trinajstić information content (AvgIpc) is 3.19. The van der Waals surface area contributed by atoms with Crippen LogP contribution >= 0.6 is 11.3 Å². The number of anilines is 1. The van der Waals surface area contributed by atoms with E-state index in [1.165, 1.54) is 17.4 Å². The summed E-state index contributed by atoms with van der Waals surface area (Å²) >= 11 is 1.22. The Morgan fingerprint density at radius 3 is 2.57 bits per heavy atom. The SMILES string of the molecule is NC(=O)c1c(NC(=O)COC(=O)c2ccccc2C(F)(F)F)sc2c1CCC2. The average molecular weight is 412 g/mol. The van der Waals surface area contributed by atoms with Crippen molar-refractivity contribution in [2.75, 3.05) is 11.9 Å². The van der Waals surface area contributed by atoms with Gasteiger partial charge in [-0.1, -0.05) is 12.1 Å². The Balaban J connectivity index is 1.68. The zero-order valence-corrected chi connectivity index (χ0v) is 15.2. The van der Waals surface area contributed by atoms with Crippen molar-refractivity contribution in [1.82, 2.24) is 0 Å². The number of amides is 2. The van der Waals surface area contributed by atoms with Crippen LogP contribution in [0.3, 0.4) is 0 Å². The normalized spacial score (nSPS) is 13.1. The number of ether oxygens (including phenoxy) is 1. The van der Waals surface area contributed by atoms with E-state index in [-0.39, 0.29) is 10.6 Å². The highest BCUT2D eigenvalue weighted by Crippen LogP contribution is 2.38. The molecule has 0 saturated carbocycles. The van der Waals surface area contributed by atoms with E-state index >= 15 is 0 Å². The number of carbonyl (C=O) groups excluding carboxylic acids is 3. The predicted molar refractivity (Wildman–Crippen MR) is 95.2 cm³/mol. The molecule has 1 aromatic heterocycles. The summed E-state index contributed by atoms with van der Waals surface area (Å²) in [5.74, 6) is -2.72. The van der Waals surface area contributed by atoms with Crippen molar-refractivity contribution in [1.29, 1.82) is 0 Å². The quantitative estimate of drug-likeness (QED) is 0.737. The van der Waals surface area contributed by atoms with Crippen molar-refractivity contribution >= 4 is 34.1 Å². The zero-order valence-electron chi connectivity index (χ0n) is 14.4. The molecule has 2 amide bonds. The first-order valence-electron chi connectivity index (χ1n) is 8.26. The van der Waals surface area contributed by atoms with Gasteiger partial charge in [0.15, 0.2) is 6.61 Å². The molecular weight excluding hydrogens is 397 g/mol. The lowest BCUT2D eigenvalue weighted by Gasteiger charge is -2.12. The van der Waals surface area contributed by atoms with Crippen molar-refractivity contribution in [2.45, 2.75) is 25.4 Å². The smallest absolute Gasteiger partial charge is 0.417 e. The van der Waals surface area contributed by atoms with E-state index in [0.717, 1.165) is 41.5 Å². The third-order valence-corrected chi connectivity index (χ3v) is 5.41. The molecule has 0 fully saturated rings. The number of primary amides is 1. The monoisotopic (exact) mass is 412 g/mol. The molecule has 0 radical (unpaired) electrons. The fourth-order valence-electron chi connectivity index (χ4n) is 3.03. The summed E-state index contributed by atoms with van der Waals surface area (Å²) in [6, 6.07) is 4.13. The van der Waals surface area contributed by atoms with Crippen LogP contribution in [-0.2, 0) is 28.5 Å². The molecule has 1 aliphatic carbocycles. The van der Waals surface area contributed by atoms with Gasteiger partial charge in [-0.25, -0.2) is 4.79 Å². The number of aryl methyl sites for hydroxylation is 1. The lowest BCUT2D eigenvalue weighted by atomic mass is 10.1. The second-order valence-electron chi connectivity index (χ2n) is 6.09. The Morgan fingerprint density at radius 1 is 1.18 bits per heavy atom. The number of benzene rings is 1. The maximum Gasteiger partial charge on any atom is 0.417 e. The first kappa shape index (κ1) is 19.9. The number of hydrogen-bond acceptors (Lipinski definition) is 5. The highest BCUT2D eigenvalue weighted by molar-refractivity contribution is 7.17. The van der Waals surface area contributed by atoms with Crippen molar-refractivity contribution in [3.8, 4) is 0 Å². The minimum Gasteiger partial charge on any atom is -0.452 e. The van der Waals surface area contributed by atoms with E-state index in [2.05, 4.69) is 5.32 Å². The van der Waals surface area contributed by atoms with Crippen LogP contribution in [0.1, 0.15) is 43.1 Å². The molecular formula is C18H15F3N2O4S. The van der Waals surface area contributed by atoms with Crippen LogP contribution in [0, 0.1) is 0 Å². The molecule has 0 aliphatic heterocycles. The molecule has 28 heavy (non-hydrogen) atoms. The Morgan fingerprint density at radius 2 is 1.89 bits per heavy atom. The van der Waals surface area contributed by atoms with Crippen LogP contribution in [0.2, 0.25) is 0 Å². The predicted octanol–water partition coefficient (Wildman–Crippen LogP) is 3.15. The fourth-order valence-corrected chi connectivity index (χ4v) is 4.34. The molecule has 148 valence electrons. The number of nitrogens with two attached hydrogens (primary N) is 1. The van der Waals surface area contributed by atoms with Crippen LogP contribution in [-0.4, -0.2) is 24.4 Å². The second kappa shape index (κ2) is 7.63. The van der Waals surface area contributed by atoms with Gasteiger partial charge >= 0.3 is 12.1 Å². The largest absolute Gasteiger partial charge is 0.452 e. The van der Waals surface area contributed by atoms with Gasteiger partial charge in [-0.05, 0) is 37.0 Å². The van der Waals surface area contributed by atoms with Gasteiger partial charge in [0.1, 0.15) is 5.00 Å². The molecule has 3 N–H and O–H groups in total. The van der Waals surface area contributed by atoms with Gasteiger partial charge in [-0.2, -0.15) is 13.2 Å². The Kier molecular flexibility index (Phi) is 5.41. The van der Waals surface area contributed by atoms with Gasteiger partial charge in [0.25, 0.3) is 11.8 Å². The highest BCUT2D eigenvalue weighted by Gasteiger charge is 2.35. The summed E-state index contributed by atoms with van der Waals surface area (Å²) in [5.41, 5.74) is 4.60. The van der Waals surface area contributed by atoms with E-state index in [9.17, 15) is 27.6 Å². The van der Waals surface area contributed by atoms with Crippen LogP contribution in [0.25, 0.3) is 0 Å². The van der Waals surface area contributed by atoms with Gasteiger partial charge in [0.2, 0.25) is 0 Å². The molecule has 0 spiro atoms.